The van der Waals surface area contributed by atoms with Gasteiger partial charge in [0, 0.05) is 26.2 Å². The van der Waals surface area contributed by atoms with E-state index in [1.165, 1.54) is 4.31 Å². The number of hydrogen-bond donors (Lipinski definition) is 0. The van der Waals surface area contributed by atoms with Gasteiger partial charge in [0.05, 0.1) is 24.7 Å². The van der Waals surface area contributed by atoms with Crippen LogP contribution >= 0.6 is 0 Å². The average Bonchev–Trinajstić information content (AvgIpc) is 2.76. The van der Waals surface area contributed by atoms with Crippen LogP contribution in [0.1, 0.15) is 13.3 Å². The summed E-state index contributed by atoms with van der Waals surface area (Å²) in [5.74, 6) is 0.641. The highest BCUT2D eigenvalue weighted by atomic mass is 32.2. The van der Waals surface area contributed by atoms with E-state index in [9.17, 15) is 13.2 Å². The summed E-state index contributed by atoms with van der Waals surface area (Å²) in [6.07, 6.45) is 1.54. The number of carbonyl (C=O) groups excluding carboxylic acids is 1. The van der Waals surface area contributed by atoms with Crippen LogP contribution < -0.4 is 13.9 Å². The van der Waals surface area contributed by atoms with E-state index in [0.717, 1.165) is 17.7 Å². The van der Waals surface area contributed by atoms with Crippen molar-refractivity contribution in [1.29, 1.82) is 0 Å². The van der Waals surface area contributed by atoms with Crippen molar-refractivity contribution in [3.63, 3.8) is 0 Å². The maximum Gasteiger partial charge on any atom is 0.246 e. The fourth-order valence-corrected chi connectivity index (χ4v) is 5.09. The van der Waals surface area contributed by atoms with Gasteiger partial charge in [0.25, 0.3) is 0 Å². The van der Waals surface area contributed by atoms with Gasteiger partial charge in [0.15, 0.2) is 0 Å². The van der Waals surface area contributed by atoms with E-state index in [1.807, 2.05) is 37.3 Å². The van der Waals surface area contributed by atoms with Crippen LogP contribution in [0.2, 0.25) is 0 Å². The summed E-state index contributed by atoms with van der Waals surface area (Å²) < 4.78 is 31.8. The normalized spacial score (nSPS) is 15.6. The smallest absolute Gasteiger partial charge is 0.246 e. The summed E-state index contributed by atoms with van der Waals surface area (Å²) in [7, 11) is -1.97. The van der Waals surface area contributed by atoms with Crippen molar-refractivity contribution in [2.45, 2.75) is 19.4 Å². The van der Waals surface area contributed by atoms with Crippen molar-refractivity contribution in [2.24, 2.45) is 0 Å². The molecule has 1 saturated heterocycles. The van der Waals surface area contributed by atoms with E-state index in [-0.39, 0.29) is 5.91 Å². The van der Waals surface area contributed by atoms with Crippen molar-refractivity contribution in [3.05, 3.63) is 54.6 Å². The quantitative estimate of drug-likeness (QED) is 0.674. The van der Waals surface area contributed by atoms with E-state index in [1.54, 1.807) is 36.3 Å². The number of para-hydroxylation sites is 3. The summed E-state index contributed by atoms with van der Waals surface area (Å²) in [5, 5.41) is 0. The molecule has 30 heavy (non-hydrogen) atoms. The molecular formula is C22H29N3O4S. The predicted molar refractivity (Wildman–Crippen MR) is 120 cm³/mol. The van der Waals surface area contributed by atoms with Crippen LogP contribution in [0, 0.1) is 0 Å². The number of benzene rings is 2. The Labute approximate surface area is 178 Å². The number of carbonyl (C=O) groups is 1. The molecule has 0 spiro atoms. The zero-order chi connectivity index (χ0) is 21.7. The van der Waals surface area contributed by atoms with Crippen LogP contribution in [0.3, 0.4) is 0 Å². The molecule has 0 bridgehead atoms. The first-order chi connectivity index (χ1) is 14.4. The Morgan fingerprint density at radius 2 is 1.63 bits per heavy atom. The Bertz CT molecular complexity index is 957. The third kappa shape index (κ3) is 4.70. The molecule has 3 rings (SSSR count). The van der Waals surface area contributed by atoms with Crippen molar-refractivity contribution < 1.29 is 17.9 Å². The molecule has 1 amide bonds. The summed E-state index contributed by atoms with van der Waals surface area (Å²) in [6, 6.07) is 15.9. The van der Waals surface area contributed by atoms with Gasteiger partial charge in [-0.05, 0) is 30.7 Å². The molecule has 0 N–H and O–H groups in total. The maximum atomic E-state index is 13.3. The topological polar surface area (TPSA) is 70.2 Å². The number of sulfonamides is 1. The van der Waals surface area contributed by atoms with Crippen molar-refractivity contribution in [2.75, 3.05) is 48.7 Å². The molecule has 1 unspecified atom stereocenters. The second kappa shape index (κ2) is 9.38. The SMILES string of the molecule is CCC(C(=O)N1CCN(c2ccccc2OC)CC1)N(c1ccccc1)S(C)(=O)=O. The molecule has 0 saturated carbocycles. The molecule has 1 aliphatic rings. The van der Waals surface area contributed by atoms with Gasteiger partial charge in [-0.3, -0.25) is 9.10 Å². The fourth-order valence-electron chi connectivity index (χ4n) is 3.89. The van der Waals surface area contributed by atoms with Crippen molar-refractivity contribution in [3.8, 4) is 5.75 Å². The number of piperazine rings is 1. The van der Waals surface area contributed by atoms with E-state index in [0.29, 0.717) is 38.3 Å². The molecular weight excluding hydrogens is 402 g/mol. The summed E-state index contributed by atoms with van der Waals surface area (Å²) in [5.41, 5.74) is 1.51. The van der Waals surface area contributed by atoms with E-state index in [2.05, 4.69) is 4.90 Å². The van der Waals surface area contributed by atoms with E-state index >= 15 is 0 Å². The van der Waals surface area contributed by atoms with Crippen LogP contribution in [-0.4, -0.2) is 64.8 Å². The van der Waals surface area contributed by atoms with Gasteiger partial charge >= 0.3 is 0 Å². The second-order valence-electron chi connectivity index (χ2n) is 7.30. The van der Waals surface area contributed by atoms with Gasteiger partial charge in [-0.15, -0.1) is 0 Å². The van der Waals surface area contributed by atoms with E-state index in [4.69, 9.17) is 4.74 Å². The molecule has 2 aromatic rings. The highest BCUT2D eigenvalue weighted by molar-refractivity contribution is 7.92. The zero-order valence-corrected chi connectivity index (χ0v) is 18.5. The molecule has 1 atom stereocenters. The monoisotopic (exact) mass is 431 g/mol. The third-order valence-electron chi connectivity index (χ3n) is 5.34. The molecule has 162 valence electrons. The molecule has 2 aromatic carbocycles. The molecule has 0 aliphatic carbocycles. The van der Waals surface area contributed by atoms with E-state index < -0.39 is 16.1 Å². The highest BCUT2D eigenvalue weighted by Gasteiger charge is 2.35. The highest BCUT2D eigenvalue weighted by Crippen LogP contribution is 2.29. The largest absolute Gasteiger partial charge is 0.495 e. The Hall–Kier alpha value is -2.74. The van der Waals surface area contributed by atoms with Crippen LogP contribution in [0.5, 0.6) is 5.75 Å². The van der Waals surface area contributed by atoms with Crippen LogP contribution in [0.25, 0.3) is 0 Å². The zero-order valence-electron chi connectivity index (χ0n) is 17.7. The van der Waals surface area contributed by atoms with Crippen molar-refractivity contribution >= 4 is 27.3 Å². The van der Waals surface area contributed by atoms with Crippen LogP contribution in [0.4, 0.5) is 11.4 Å². The molecule has 1 fully saturated rings. The minimum absolute atomic E-state index is 0.161. The lowest BCUT2D eigenvalue weighted by Crippen LogP contribution is -2.56. The fraction of sp³-hybridized carbons (Fsp3) is 0.409. The number of rotatable bonds is 7. The second-order valence-corrected chi connectivity index (χ2v) is 9.16. The number of methoxy groups -OCH3 is 1. The Kier molecular flexibility index (Phi) is 6.87. The average molecular weight is 432 g/mol. The number of nitrogens with zero attached hydrogens (tertiary/aromatic N) is 3. The minimum atomic E-state index is -3.62. The first-order valence-corrected chi connectivity index (χ1v) is 11.9. The molecule has 1 aliphatic heterocycles. The number of hydrogen-bond acceptors (Lipinski definition) is 5. The predicted octanol–water partition coefficient (Wildman–Crippen LogP) is 2.59. The molecule has 1 heterocycles. The number of ether oxygens (including phenoxy) is 1. The summed E-state index contributed by atoms with van der Waals surface area (Å²) in [4.78, 5) is 17.3. The lowest BCUT2D eigenvalue weighted by Gasteiger charge is -2.39. The van der Waals surface area contributed by atoms with Gasteiger partial charge in [-0.2, -0.15) is 0 Å². The molecule has 8 heteroatoms. The number of amides is 1. The standard InChI is InChI=1S/C22H29N3O4S/c1-4-19(25(30(3,27)28)18-10-6-5-7-11-18)22(26)24-16-14-23(15-17-24)20-12-8-9-13-21(20)29-2/h5-13,19H,4,14-17H2,1-3H3. The molecule has 0 aromatic heterocycles. The first-order valence-electron chi connectivity index (χ1n) is 10.1. The van der Waals surface area contributed by atoms with Gasteiger partial charge in [0.2, 0.25) is 15.9 Å². The first kappa shape index (κ1) is 22.0. The van der Waals surface area contributed by atoms with Crippen molar-refractivity contribution in [1.82, 2.24) is 4.90 Å². The lowest BCUT2D eigenvalue weighted by molar-refractivity contribution is -0.132. The maximum absolute atomic E-state index is 13.3. The van der Waals surface area contributed by atoms with Crippen LogP contribution in [-0.2, 0) is 14.8 Å². The van der Waals surface area contributed by atoms with Gasteiger partial charge < -0.3 is 14.5 Å². The van der Waals surface area contributed by atoms with Crippen LogP contribution in [0.15, 0.2) is 54.6 Å². The Balaban J connectivity index is 1.77. The summed E-state index contributed by atoms with van der Waals surface area (Å²) >= 11 is 0. The Morgan fingerprint density at radius 3 is 2.20 bits per heavy atom. The Morgan fingerprint density at radius 1 is 1.03 bits per heavy atom. The van der Waals surface area contributed by atoms with Gasteiger partial charge in [0.1, 0.15) is 11.8 Å². The lowest BCUT2D eigenvalue weighted by atomic mass is 10.1. The third-order valence-corrected chi connectivity index (χ3v) is 6.52. The van der Waals surface area contributed by atoms with Gasteiger partial charge in [-0.25, -0.2) is 8.42 Å². The van der Waals surface area contributed by atoms with Gasteiger partial charge in [-0.1, -0.05) is 37.3 Å². The summed E-state index contributed by atoms with van der Waals surface area (Å²) in [6.45, 7) is 4.22. The molecule has 0 radical (unpaired) electrons. The number of anilines is 2. The molecule has 7 nitrogen and oxygen atoms in total. The minimum Gasteiger partial charge on any atom is -0.495 e.